The summed E-state index contributed by atoms with van der Waals surface area (Å²) in [6, 6.07) is -0.808. The van der Waals surface area contributed by atoms with Gasteiger partial charge in [-0.2, -0.15) is 0 Å². The Bertz CT molecular complexity index is 1310. The zero-order chi connectivity index (χ0) is 55.2. The highest BCUT2D eigenvalue weighted by molar-refractivity contribution is 5.76. The van der Waals surface area contributed by atoms with Crippen LogP contribution in [0.1, 0.15) is 316 Å². The highest BCUT2D eigenvalue weighted by Gasteiger charge is 2.44. The van der Waals surface area contributed by atoms with Crippen LogP contribution in [-0.4, -0.2) is 100 Å². The van der Waals surface area contributed by atoms with Crippen molar-refractivity contribution in [2.75, 3.05) is 19.8 Å². The van der Waals surface area contributed by atoms with Crippen molar-refractivity contribution in [3.05, 3.63) is 24.3 Å². The van der Waals surface area contributed by atoms with E-state index in [1.807, 2.05) is 6.08 Å². The maximum absolute atomic E-state index is 13.0. The second-order valence-electron chi connectivity index (χ2n) is 22.8. The number of aliphatic hydroxyl groups excluding tert-OH is 5. The minimum Gasteiger partial charge on any atom is -0.466 e. The second-order valence-corrected chi connectivity index (χ2v) is 22.8. The number of carbonyl (C=O) groups excluding carboxylic acids is 2. The lowest BCUT2D eigenvalue weighted by Gasteiger charge is -2.40. The average Bonchev–Trinajstić information content (AvgIpc) is 3.42. The SMILES string of the molecule is CCCCCCCC/C=C\CCCCCCCCCC(=O)OCCCCCCCCCCCCCCCCCCCCCCCCC(=O)NC(COC1OC(CO)C(O)C(O)C1O)C(O)/C=C/CCCCCCCCC. The molecule has 0 aromatic carbocycles. The van der Waals surface area contributed by atoms with Gasteiger partial charge in [0.2, 0.25) is 5.91 Å². The van der Waals surface area contributed by atoms with Crippen molar-refractivity contribution in [1.82, 2.24) is 5.32 Å². The molecule has 1 saturated heterocycles. The molecule has 1 fully saturated rings. The average molecular weight is 1080 g/mol. The molecule has 11 nitrogen and oxygen atoms in total. The van der Waals surface area contributed by atoms with Crippen molar-refractivity contribution in [1.29, 1.82) is 0 Å². The maximum Gasteiger partial charge on any atom is 0.305 e. The zero-order valence-electron chi connectivity index (χ0n) is 49.5. The molecule has 11 heteroatoms. The van der Waals surface area contributed by atoms with Gasteiger partial charge in [0.25, 0.3) is 0 Å². The number of rotatable bonds is 57. The molecule has 0 spiro atoms. The Morgan fingerprint density at radius 2 is 0.842 bits per heavy atom. The molecule has 0 aromatic rings. The van der Waals surface area contributed by atoms with Crippen molar-refractivity contribution >= 4 is 11.9 Å². The standard InChI is InChI=1S/C65H123NO10/c1-3-5-7-9-11-13-14-15-16-23-27-30-33-37-41-45-49-53-61(70)74-54-50-46-42-38-34-31-28-25-22-20-18-17-19-21-24-26-29-32-36-40-44-48-52-60(69)66-57(58(68)51-47-43-39-35-12-10-8-6-4-2)56-75-65-64(73)63(72)62(71)59(55-67)76-65/h15-16,47,51,57-59,62-65,67-68,71-73H,3-14,17-46,48-50,52-56H2,1-2H3,(H,66,69)/b16-15-,51-47+. The van der Waals surface area contributed by atoms with E-state index >= 15 is 0 Å². The van der Waals surface area contributed by atoms with E-state index in [2.05, 4.69) is 31.3 Å². The molecule has 1 aliphatic heterocycles. The van der Waals surface area contributed by atoms with Crippen LogP contribution in [0, 0.1) is 0 Å². The van der Waals surface area contributed by atoms with Gasteiger partial charge in [-0.25, -0.2) is 0 Å². The lowest BCUT2D eigenvalue weighted by atomic mass is 9.99. The van der Waals surface area contributed by atoms with Crippen molar-refractivity contribution in [3.8, 4) is 0 Å². The lowest BCUT2D eigenvalue weighted by molar-refractivity contribution is -0.302. The van der Waals surface area contributed by atoms with E-state index in [0.717, 1.165) is 57.8 Å². The van der Waals surface area contributed by atoms with E-state index in [1.165, 1.54) is 231 Å². The zero-order valence-corrected chi connectivity index (χ0v) is 49.5. The molecular formula is C65H123NO10. The molecule has 1 heterocycles. The van der Waals surface area contributed by atoms with Crippen molar-refractivity contribution in [2.45, 2.75) is 358 Å². The fraction of sp³-hybridized carbons (Fsp3) is 0.908. The predicted octanol–water partition coefficient (Wildman–Crippen LogP) is 15.7. The first-order chi connectivity index (χ1) is 37.2. The summed E-state index contributed by atoms with van der Waals surface area (Å²) in [4.78, 5) is 25.1. The van der Waals surface area contributed by atoms with Gasteiger partial charge in [-0.05, 0) is 57.8 Å². The quantitative estimate of drug-likeness (QED) is 0.0195. The van der Waals surface area contributed by atoms with Crippen LogP contribution in [0.4, 0.5) is 0 Å². The third-order valence-corrected chi connectivity index (χ3v) is 15.6. The second kappa shape index (κ2) is 55.1. The van der Waals surface area contributed by atoms with Crippen molar-refractivity contribution in [3.63, 3.8) is 0 Å². The first-order valence-electron chi connectivity index (χ1n) is 32.6. The van der Waals surface area contributed by atoms with Gasteiger partial charge in [0, 0.05) is 12.8 Å². The molecule has 0 bridgehead atoms. The van der Waals surface area contributed by atoms with Gasteiger partial charge in [-0.1, -0.05) is 269 Å². The number of esters is 1. The predicted molar refractivity (Wildman–Crippen MR) is 315 cm³/mol. The van der Waals surface area contributed by atoms with Gasteiger partial charge in [-0.15, -0.1) is 0 Å². The van der Waals surface area contributed by atoms with Crippen molar-refractivity contribution in [2.24, 2.45) is 0 Å². The van der Waals surface area contributed by atoms with Gasteiger partial charge in [-0.3, -0.25) is 9.59 Å². The summed E-state index contributed by atoms with van der Waals surface area (Å²) in [6.45, 7) is 4.33. The molecule has 1 amide bonds. The van der Waals surface area contributed by atoms with Crippen LogP contribution in [0.2, 0.25) is 0 Å². The van der Waals surface area contributed by atoms with E-state index in [4.69, 9.17) is 14.2 Å². The number of unbranched alkanes of at least 4 members (excludes halogenated alkanes) is 41. The molecule has 76 heavy (non-hydrogen) atoms. The summed E-state index contributed by atoms with van der Waals surface area (Å²) in [5, 5.41) is 54.2. The van der Waals surface area contributed by atoms with Gasteiger partial charge < -0.3 is 45.1 Å². The van der Waals surface area contributed by atoms with Gasteiger partial charge in [0.15, 0.2) is 6.29 Å². The summed E-state index contributed by atoms with van der Waals surface area (Å²) in [5.41, 5.74) is 0. The number of hydrogen-bond acceptors (Lipinski definition) is 10. The normalized spacial score (nSPS) is 18.8. The monoisotopic (exact) mass is 1080 g/mol. The molecule has 7 atom stereocenters. The Labute approximate surface area is 467 Å². The van der Waals surface area contributed by atoms with E-state index < -0.39 is 49.5 Å². The molecule has 6 N–H and O–H groups in total. The summed E-state index contributed by atoms with van der Waals surface area (Å²) >= 11 is 0. The number of carbonyl (C=O) groups is 2. The van der Waals surface area contributed by atoms with Crippen LogP contribution in [0.25, 0.3) is 0 Å². The molecule has 7 unspecified atom stereocenters. The Kier molecular flexibility index (Phi) is 52.3. The van der Waals surface area contributed by atoms with Crippen molar-refractivity contribution < 1.29 is 49.3 Å². The molecule has 1 aliphatic rings. The fourth-order valence-corrected chi connectivity index (χ4v) is 10.4. The summed E-state index contributed by atoms with van der Waals surface area (Å²) in [6.07, 6.45) is 57.3. The lowest BCUT2D eigenvalue weighted by Crippen LogP contribution is -2.60. The summed E-state index contributed by atoms with van der Waals surface area (Å²) < 4.78 is 16.7. The summed E-state index contributed by atoms with van der Waals surface area (Å²) in [5.74, 6) is -0.185. The number of allylic oxidation sites excluding steroid dienone is 3. The van der Waals surface area contributed by atoms with E-state index in [9.17, 15) is 35.1 Å². The van der Waals surface area contributed by atoms with Crippen LogP contribution in [0.5, 0.6) is 0 Å². The number of amides is 1. The van der Waals surface area contributed by atoms with E-state index in [1.54, 1.807) is 6.08 Å². The van der Waals surface area contributed by atoms with Crippen LogP contribution < -0.4 is 5.32 Å². The topological polar surface area (TPSA) is 175 Å². The number of aliphatic hydroxyl groups is 5. The maximum atomic E-state index is 13.0. The van der Waals surface area contributed by atoms with Crippen LogP contribution in [-0.2, 0) is 23.8 Å². The fourth-order valence-electron chi connectivity index (χ4n) is 10.4. The first kappa shape index (κ1) is 72.2. The van der Waals surface area contributed by atoms with Gasteiger partial charge in [0.05, 0.1) is 32.0 Å². The molecule has 1 rings (SSSR count). The first-order valence-corrected chi connectivity index (χ1v) is 32.6. The van der Waals surface area contributed by atoms with Crippen LogP contribution >= 0.6 is 0 Å². The third kappa shape index (κ3) is 44.0. The number of hydrogen-bond donors (Lipinski definition) is 6. The smallest absolute Gasteiger partial charge is 0.305 e. The number of ether oxygens (including phenoxy) is 3. The van der Waals surface area contributed by atoms with Crippen LogP contribution in [0.15, 0.2) is 24.3 Å². The largest absolute Gasteiger partial charge is 0.466 e. The Morgan fingerprint density at radius 3 is 1.26 bits per heavy atom. The Hall–Kier alpha value is -1.86. The third-order valence-electron chi connectivity index (χ3n) is 15.6. The molecule has 0 radical (unpaired) electrons. The molecule has 0 saturated carbocycles. The minimum atomic E-state index is -1.57. The molecular weight excluding hydrogens is 955 g/mol. The van der Waals surface area contributed by atoms with Gasteiger partial charge in [0.1, 0.15) is 24.4 Å². The Morgan fingerprint density at radius 1 is 0.474 bits per heavy atom. The highest BCUT2D eigenvalue weighted by atomic mass is 16.7. The number of nitrogens with one attached hydrogen (secondary N) is 1. The van der Waals surface area contributed by atoms with Crippen LogP contribution in [0.3, 0.4) is 0 Å². The molecule has 0 aliphatic carbocycles. The van der Waals surface area contributed by atoms with E-state index in [0.29, 0.717) is 19.4 Å². The Balaban J connectivity index is 1.95. The van der Waals surface area contributed by atoms with E-state index in [-0.39, 0.29) is 18.5 Å². The molecule has 0 aromatic heterocycles. The molecule has 448 valence electrons. The van der Waals surface area contributed by atoms with Gasteiger partial charge >= 0.3 is 5.97 Å². The highest BCUT2D eigenvalue weighted by Crippen LogP contribution is 2.23. The minimum absolute atomic E-state index is 0.00219. The summed E-state index contributed by atoms with van der Waals surface area (Å²) in [7, 11) is 0.